The Morgan fingerprint density at radius 1 is 1.17 bits per heavy atom. The zero-order valence-corrected chi connectivity index (χ0v) is 18.5. The van der Waals surface area contributed by atoms with E-state index >= 15 is 0 Å². The lowest BCUT2D eigenvalue weighted by molar-refractivity contribution is 0.458. The zero-order chi connectivity index (χ0) is 21.9. The van der Waals surface area contributed by atoms with E-state index in [1.807, 2.05) is 26.0 Å². The maximum atomic E-state index is 12.4. The van der Waals surface area contributed by atoms with Gasteiger partial charge < -0.3 is 9.30 Å². The SMILES string of the molecule is CCCS(=O)(=O)Cc1cc(Oc2c(C)cccc2Cl)nc(-c2ccc(=O)n(C)c2)n1. The average Bonchev–Trinajstić information content (AvgIpc) is 2.66. The Bertz CT molecular complexity index is 1220. The summed E-state index contributed by atoms with van der Waals surface area (Å²) < 4.78 is 32.0. The molecular weight excluding hydrogens is 426 g/mol. The van der Waals surface area contributed by atoms with Gasteiger partial charge in [0.2, 0.25) is 11.4 Å². The number of halogens is 1. The van der Waals surface area contributed by atoms with Crippen LogP contribution in [0.4, 0.5) is 0 Å². The topological polar surface area (TPSA) is 91.2 Å². The number of aryl methyl sites for hydroxylation is 2. The zero-order valence-electron chi connectivity index (χ0n) is 16.9. The van der Waals surface area contributed by atoms with Crippen molar-refractivity contribution in [3.8, 4) is 23.0 Å². The lowest BCUT2D eigenvalue weighted by Crippen LogP contribution is -2.15. The number of nitrogens with zero attached hydrogens (tertiary/aromatic N) is 3. The van der Waals surface area contributed by atoms with Crippen molar-refractivity contribution in [3.63, 3.8) is 0 Å². The monoisotopic (exact) mass is 447 g/mol. The standard InChI is InChI=1S/C21H22ClN3O4S/c1-4-10-30(27,28)13-16-11-18(29-20-14(2)6-5-7-17(20)22)24-21(23-16)15-8-9-19(26)25(3)12-15/h5-9,11-12H,4,10,13H2,1-3H3. The van der Waals surface area contributed by atoms with E-state index in [1.165, 1.54) is 16.7 Å². The first-order valence-electron chi connectivity index (χ1n) is 9.37. The van der Waals surface area contributed by atoms with Gasteiger partial charge in [0, 0.05) is 30.9 Å². The highest BCUT2D eigenvalue weighted by Gasteiger charge is 2.17. The average molecular weight is 448 g/mol. The maximum Gasteiger partial charge on any atom is 0.250 e. The van der Waals surface area contributed by atoms with Gasteiger partial charge >= 0.3 is 0 Å². The van der Waals surface area contributed by atoms with Gasteiger partial charge in [0.15, 0.2) is 21.4 Å². The molecule has 2 heterocycles. The molecule has 1 aromatic carbocycles. The summed E-state index contributed by atoms with van der Waals surface area (Å²) in [4.78, 5) is 20.6. The van der Waals surface area contributed by atoms with Crippen LogP contribution in [0.15, 0.2) is 47.4 Å². The Morgan fingerprint density at radius 3 is 2.60 bits per heavy atom. The van der Waals surface area contributed by atoms with Gasteiger partial charge in [-0.3, -0.25) is 4.79 Å². The molecule has 158 valence electrons. The summed E-state index contributed by atoms with van der Waals surface area (Å²) in [5, 5.41) is 0.414. The number of para-hydroxylation sites is 1. The van der Waals surface area contributed by atoms with Crippen molar-refractivity contribution < 1.29 is 13.2 Å². The molecule has 0 saturated carbocycles. The molecule has 0 aliphatic rings. The molecule has 9 heteroatoms. The molecule has 0 aliphatic carbocycles. The first-order valence-corrected chi connectivity index (χ1v) is 11.6. The third-order valence-electron chi connectivity index (χ3n) is 4.35. The minimum absolute atomic E-state index is 0.0615. The molecule has 0 amide bonds. The molecule has 7 nitrogen and oxygen atoms in total. The second-order valence-electron chi connectivity index (χ2n) is 6.97. The largest absolute Gasteiger partial charge is 0.437 e. The molecule has 30 heavy (non-hydrogen) atoms. The number of rotatable bonds is 7. The Labute approximate surface area is 180 Å². The van der Waals surface area contributed by atoms with Crippen LogP contribution in [-0.4, -0.2) is 28.7 Å². The fourth-order valence-corrected chi connectivity index (χ4v) is 4.54. The van der Waals surface area contributed by atoms with Crippen LogP contribution >= 0.6 is 11.6 Å². The maximum absolute atomic E-state index is 12.4. The van der Waals surface area contributed by atoms with E-state index in [2.05, 4.69) is 9.97 Å². The summed E-state index contributed by atoms with van der Waals surface area (Å²) in [5.74, 6) is 0.694. The lowest BCUT2D eigenvalue weighted by atomic mass is 10.2. The minimum atomic E-state index is -3.33. The van der Waals surface area contributed by atoms with E-state index in [1.54, 1.807) is 25.4 Å². The Balaban J connectivity index is 2.10. The van der Waals surface area contributed by atoms with Crippen LogP contribution < -0.4 is 10.3 Å². The molecule has 0 saturated heterocycles. The molecular formula is C21H22ClN3O4S. The van der Waals surface area contributed by atoms with Crippen molar-refractivity contribution in [1.29, 1.82) is 0 Å². The highest BCUT2D eigenvalue weighted by molar-refractivity contribution is 7.90. The number of pyridine rings is 1. The number of aromatic nitrogens is 3. The predicted molar refractivity (Wildman–Crippen MR) is 117 cm³/mol. The highest BCUT2D eigenvalue weighted by Crippen LogP contribution is 2.32. The van der Waals surface area contributed by atoms with E-state index in [-0.39, 0.29) is 28.8 Å². The van der Waals surface area contributed by atoms with Gasteiger partial charge in [0.1, 0.15) is 0 Å². The molecule has 3 rings (SSSR count). The van der Waals surface area contributed by atoms with Crippen molar-refractivity contribution in [3.05, 3.63) is 69.2 Å². The summed E-state index contributed by atoms with van der Waals surface area (Å²) >= 11 is 6.26. The molecule has 0 fully saturated rings. The quantitative estimate of drug-likeness (QED) is 0.545. The summed E-state index contributed by atoms with van der Waals surface area (Å²) in [6, 6.07) is 9.85. The predicted octanol–water partition coefficient (Wildman–Crippen LogP) is 3.92. The summed E-state index contributed by atoms with van der Waals surface area (Å²) in [6.07, 6.45) is 2.11. The Kier molecular flexibility index (Phi) is 6.58. The first kappa shape index (κ1) is 22.0. The summed E-state index contributed by atoms with van der Waals surface area (Å²) in [5.41, 5.74) is 1.50. The molecule has 0 unspecified atom stereocenters. The third kappa shape index (κ3) is 5.25. The molecule has 0 atom stereocenters. The van der Waals surface area contributed by atoms with E-state index in [9.17, 15) is 13.2 Å². The van der Waals surface area contributed by atoms with Crippen LogP contribution in [0.5, 0.6) is 11.6 Å². The van der Waals surface area contributed by atoms with E-state index in [4.69, 9.17) is 16.3 Å². The second-order valence-corrected chi connectivity index (χ2v) is 9.56. The fraction of sp³-hybridized carbons (Fsp3) is 0.286. The van der Waals surface area contributed by atoms with Gasteiger partial charge in [-0.15, -0.1) is 0 Å². The Morgan fingerprint density at radius 2 is 1.93 bits per heavy atom. The fourth-order valence-electron chi connectivity index (χ4n) is 2.91. The number of sulfone groups is 1. The number of hydrogen-bond acceptors (Lipinski definition) is 6. The van der Waals surface area contributed by atoms with Crippen LogP contribution in [0.2, 0.25) is 5.02 Å². The molecule has 0 radical (unpaired) electrons. The van der Waals surface area contributed by atoms with E-state index < -0.39 is 9.84 Å². The van der Waals surface area contributed by atoms with Crippen molar-refractivity contribution in [2.24, 2.45) is 7.05 Å². The number of benzene rings is 1. The first-order chi connectivity index (χ1) is 14.2. The van der Waals surface area contributed by atoms with Crippen LogP contribution in [0, 0.1) is 6.92 Å². The molecule has 3 aromatic rings. The van der Waals surface area contributed by atoms with Gasteiger partial charge in [0.25, 0.3) is 0 Å². The minimum Gasteiger partial charge on any atom is -0.437 e. The van der Waals surface area contributed by atoms with Gasteiger partial charge in [-0.2, -0.15) is 4.98 Å². The molecule has 0 aliphatic heterocycles. The number of ether oxygens (including phenoxy) is 1. The molecule has 0 bridgehead atoms. The van der Waals surface area contributed by atoms with Gasteiger partial charge in [-0.25, -0.2) is 13.4 Å². The summed E-state index contributed by atoms with van der Waals surface area (Å²) in [7, 11) is -1.71. The van der Waals surface area contributed by atoms with Gasteiger partial charge in [-0.1, -0.05) is 30.7 Å². The molecule has 0 N–H and O–H groups in total. The lowest BCUT2D eigenvalue weighted by Gasteiger charge is -2.12. The summed E-state index contributed by atoms with van der Waals surface area (Å²) in [6.45, 7) is 3.66. The Hall–Kier alpha value is -2.71. The van der Waals surface area contributed by atoms with Crippen molar-refractivity contribution in [2.45, 2.75) is 26.0 Å². The van der Waals surface area contributed by atoms with E-state index in [0.717, 1.165) is 5.56 Å². The molecule has 0 spiro atoms. The third-order valence-corrected chi connectivity index (χ3v) is 6.42. The van der Waals surface area contributed by atoms with Gasteiger partial charge in [-0.05, 0) is 31.0 Å². The van der Waals surface area contributed by atoms with E-state index in [0.29, 0.717) is 28.5 Å². The van der Waals surface area contributed by atoms with Crippen molar-refractivity contribution >= 4 is 21.4 Å². The van der Waals surface area contributed by atoms with Crippen LogP contribution in [0.25, 0.3) is 11.4 Å². The molecule has 2 aromatic heterocycles. The van der Waals surface area contributed by atoms with Crippen LogP contribution in [-0.2, 0) is 22.6 Å². The highest BCUT2D eigenvalue weighted by atomic mass is 35.5. The van der Waals surface area contributed by atoms with Gasteiger partial charge in [0.05, 0.1) is 22.2 Å². The van der Waals surface area contributed by atoms with Crippen LogP contribution in [0.3, 0.4) is 0 Å². The second kappa shape index (κ2) is 8.97. The van der Waals surface area contributed by atoms with Crippen molar-refractivity contribution in [1.82, 2.24) is 14.5 Å². The normalized spacial score (nSPS) is 11.5. The van der Waals surface area contributed by atoms with Crippen LogP contribution in [0.1, 0.15) is 24.6 Å². The smallest absolute Gasteiger partial charge is 0.250 e. The number of hydrogen-bond donors (Lipinski definition) is 0. The van der Waals surface area contributed by atoms with Crippen molar-refractivity contribution in [2.75, 3.05) is 5.75 Å².